The molecule has 0 amide bonds. The summed E-state index contributed by atoms with van der Waals surface area (Å²) in [5.41, 5.74) is 0.0557. The van der Waals surface area contributed by atoms with Gasteiger partial charge in [-0.2, -0.15) is 0 Å². The smallest absolute Gasteiger partial charge is 0.294 e. The first-order valence-electron chi connectivity index (χ1n) is 4.36. The third kappa shape index (κ3) is 1.83. The first-order chi connectivity index (χ1) is 7.59. The molecule has 0 saturated carbocycles. The molecule has 2 rings (SSSR count). The summed E-state index contributed by atoms with van der Waals surface area (Å²) in [7, 11) is 0. The number of nitrogens with zero attached hydrogens (tertiary/aromatic N) is 2. The van der Waals surface area contributed by atoms with E-state index in [0.717, 1.165) is 12.1 Å². The van der Waals surface area contributed by atoms with Crippen molar-refractivity contribution in [3.05, 3.63) is 57.1 Å². The number of rotatable bonds is 2. The molecule has 0 radical (unpaired) electrons. The topological polar surface area (TPSA) is 48.1 Å². The highest BCUT2D eigenvalue weighted by Crippen LogP contribution is 2.29. The molecule has 82 valence electrons. The lowest BCUT2D eigenvalue weighted by molar-refractivity contribution is -0.384. The lowest BCUT2D eigenvalue weighted by Gasteiger charge is -2.05. The van der Waals surface area contributed by atoms with Crippen molar-refractivity contribution < 1.29 is 9.31 Å². The minimum absolute atomic E-state index is 0.0788. The molecule has 1 heterocycles. The fourth-order valence-electron chi connectivity index (χ4n) is 1.37. The second-order valence-corrected chi connectivity index (χ2v) is 3.96. The molecule has 6 heteroatoms. The Kier molecular flexibility index (Phi) is 2.74. The van der Waals surface area contributed by atoms with Crippen LogP contribution in [0.3, 0.4) is 0 Å². The third-order valence-electron chi connectivity index (χ3n) is 2.10. The Balaban J connectivity index is 2.68. The summed E-state index contributed by atoms with van der Waals surface area (Å²) in [6.45, 7) is 0. The molecular formula is C10H6BrFN2O2. The van der Waals surface area contributed by atoms with Crippen molar-refractivity contribution >= 4 is 21.6 Å². The third-order valence-corrected chi connectivity index (χ3v) is 2.70. The predicted octanol–water partition coefficient (Wildman–Crippen LogP) is 3.29. The summed E-state index contributed by atoms with van der Waals surface area (Å²) in [4.78, 5) is 10.3. The summed E-state index contributed by atoms with van der Waals surface area (Å²) >= 11 is 2.92. The van der Waals surface area contributed by atoms with Gasteiger partial charge >= 0.3 is 0 Å². The highest BCUT2D eigenvalue weighted by molar-refractivity contribution is 9.10. The molecule has 4 nitrogen and oxygen atoms in total. The molecule has 0 fully saturated rings. The largest absolute Gasteiger partial charge is 0.318 e. The van der Waals surface area contributed by atoms with Crippen LogP contribution in [0.1, 0.15) is 0 Å². The van der Waals surface area contributed by atoms with Crippen LogP contribution in [0.4, 0.5) is 10.1 Å². The van der Waals surface area contributed by atoms with Crippen LogP contribution in [0.2, 0.25) is 0 Å². The molecule has 0 aliphatic heterocycles. The Morgan fingerprint density at radius 1 is 1.31 bits per heavy atom. The van der Waals surface area contributed by atoms with Crippen molar-refractivity contribution in [3.63, 3.8) is 0 Å². The number of benzene rings is 1. The average Bonchev–Trinajstić information content (AvgIpc) is 2.74. The van der Waals surface area contributed by atoms with Crippen molar-refractivity contribution in [3.8, 4) is 5.69 Å². The maximum atomic E-state index is 13.3. The molecule has 2 aromatic rings. The molecule has 1 aromatic carbocycles. The quantitative estimate of drug-likeness (QED) is 0.628. The van der Waals surface area contributed by atoms with Gasteiger partial charge in [0.15, 0.2) is 0 Å². The van der Waals surface area contributed by atoms with Crippen LogP contribution in [0.25, 0.3) is 5.69 Å². The van der Waals surface area contributed by atoms with Crippen LogP contribution in [0, 0.1) is 15.9 Å². The number of nitro benzene ring substituents is 1. The van der Waals surface area contributed by atoms with Gasteiger partial charge in [-0.15, -0.1) is 0 Å². The standard InChI is InChI=1S/C10H6BrFN2O2/c11-7-5-10(14(15)16)9(6-8(7)12)13-3-1-2-4-13/h1-6H. The Bertz CT molecular complexity index is 540. The Morgan fingerprint density at radius 2 is 1.94 bits per heavy atom. The van der Waals surface area contributed by atoms with E-state index in [2.05, 4.69) is 15.9 Å². The fraction of sp³-hybridized carbons (Fsp3) is 0. The van der Waals surface area contributed by atoms with Gasteiger partial charge in [-0.1, -0.05) is 0 Å². The van der Waals surface area contributed by atoms with Gasteiger partial charge in [0.1, 0.15) is 11.5 Å². The van der Waals surface area contributed by atoms with Gasteiger partial charge in [0.25, 0.3) is 5.69 Å². The number of halogens is 2. The second kappa shape index (κ2) is 4.05. The van der Waals surface area contributed by atoms with Crippen molar-refractivity contribution in [1.82, 2.24) is 4.57 Å². The van der Waals surface area contributed by atoms with Gasteiger partial charge in [0, 0.05) is 24.5 Å². The highest BCUT2D eigenvalue weighted by atomic mass is 79.9. The van der Waals surface area contributed by atoms with E-state index < -0.39 is 10.7 Å². The van der Waals surface area contributed by atoms with Gasteiger partial charge in [0.05, 0.1) is 9.40 Å². The van der Waals surface area contributed by atoms with Crippen LogP contribution >= 0.6 is 15.9 Å². The Morgan fingerprint density at radius 3 is 2.50 bits per heavy atom. The maximum absolute atomic E-state index is 13.3. The SMILES string of the molecule is O=[N+]([O-])c1cc(Br)c(F)cc1-n1cccc1. The van der Waals surface area contributed by atoms with Crippen molar-refractivity contribution in [2.24, 2.45) is 0 Å². The molecule has 0 spiro atoms. The summed E-state index contributed by atoms with van der Waals surface area (Å²) in [5, 5.41) is 10.8. The van der Waals surface area contributed by atoms with E-state index in [9.17, 15) is 14.5 Å². The monoisotopic (exact) mass is 284 g/mol. The molecule has 0 aliphatic rings. The molecule has 0 unspecified atom stereocenters. The van der Waals surface area contributed by atoms with E-state index in [1.807, 2.05) is 0 Å². The van der Waals surface area contributed by atoms with Crippen LogP contribution in [-0.4, -0.2) is 9.49 Å². The molecule has 0 N–H and O–H groups in total. The van der Waals surface area contributed by atoms with Crippen LogP contribution in [-0.2, 0) is 0 Å². The number of nitro groups is 1. The normalized spacial score (nSPS) is 10.4. The van der Waals surface area contributed by atoms with Crippen LogP contribution < -0.4 is 0 Å². The lowest BCUT2D eigenvalue weighted by Crippen LogP contribution is -1.99. The fourth-order valence-corrected chi connectivity index (χ4v) is 1.71. The van der Waals surface area contributed by atoms with E-state index in [1.54, 1.807) is 24.5 Å². The van der Waals surface area contributed by atoms with E-state index in [0.29, 0.717) is 0 Å². The zero-order valence-corrected chi connectivity index (χ0v) is 9.52. The number of hydrogen-bond donors (Lipinski definition) is 0. The van der Waals surface area contributed by atoms with Gasteiger partial charge in [-0.25, -0.2) is 4.39 Å². The minimum Gasteiger partial charge on any atom is -0.318 e. The second-order valence-electron chi connectivity index (χ2n) is 3.10. The van der Waals surface area contributed by atoms with Gasteiger partial charge in [-0.05, 0) is 28.1 Å². The van der Waals surface area contributed by atoms with Crippen molar-refractivity contribution in [1.29, 1.82) is 0 Å². The van der Waals surface area contributed by atoms with Gasteiger partial charge < -0.3 is 4.57 Å². The maximum Gasteiger partial charge on any atom is 0.294 e. The molecule has 0 aliphatic carbocycles. The summed E-state index contributed by atoms with van der Waals surface area (Å²) in [6.07, 6.45) is 3.24. The van der Waals surface area contributed by atoms with Crippen LogP contribution in [0.5, 0.6) is 0 Å². The van der Waals surface area contributed by atoms with Crippen molar-refractivity contribution in [2.45, 2.75) is 0 Å². The average molecular weight is 285 g/mol. The van der Waals surface area contributed by atoms with Crippen LogP contribution in [0.15, 0.2) is 41.1 Å². The molecular weight excluding hydrogens is 279 g/mol. The molecule has 1 aromatic heterocycles. The van der Waals surface area contributed by atoms with Gasteiger partial charge in [0.2, 0.25) is 0 Å². The first-order valence-corrected chi connectivity index (χ1v) is 5.15. The molecule has 0 atom stereocenters. The minimum atomic E-state index is -0.542. The first kappa shape index (κ1) is 10.8. The predicted molar refractivity (Wildman–Crippen MR) is 60.1 cm³/mol. The Hall–Kier alpha value is -1.69. The highest BCUT2D eigenvalue weighted by Gasteiger charge is 2.18. The molecule has 0 bridgehead atoms. The zero-order chi connectivity index (χ0) is 11.7. The molecule has 16 heavy (non-hydrogen) atoms. The summed E-state index contributed by atoms with van der Waals surface area (Å²) in [6, 6.07) is 5.71. The summed E-state index contributed by atoms with van der Waals surface area (Å²) < 4.78 is 14.9. The lowest BCUT2D eigenvalue weighted by atomic mass is 10.2. The van der Waals surface area contributed by atoms with Gasteiger partial charge in [-0.3, -0.25) is 10.1 Å². The van der Waals surface area contributed by atoms with E-state index in [4.69, 9.17) is 0 Å². The summed E-state index contributed by atoms with van der Waals surface area (Å²) in [5.74, 6) is -0.533. The number of hydrogen-bond acceptors (Lipinski definition) is 2. The Labute approximate surface area is 98.6 Å². The zero-order valence-electron chi connectivity index (χ0n) is 7.93. The van der Waals surface area contributed by atoms with E-state index in [-0.39, 0.29) is 15.8 Å². The number of aromatic nitrogens is 1. The van der Waals surface area contributed by atoms with E-state index >= 15 is 0 Å². The van der Waals surface area contributed by atoms with Crippen molar-refractivity contribution in [2.75, 3.05) is 0 Å². The van der Waals surface area contributed by atoms with E-state index in [1.165, 1.54) is 4.57 Å². The molecule has 0 saturated heterocycles.